The highest BCUT2D eigenvalue weighted by molar-refractivity contribution is 7.80. The smallest absolute Gasteiger partial charge is 0.416 e. The maximum Gasteiger partial charge on any atom is 0.416 e. The highest BCUT2D eigenvalue weighted by atomic mass is 32.1. The van der Waals surface area contributed by atoms with Crippen molar-refractivity contribution in [3.63, 3.8) is 0 Å². The Balaban J connectivity index is 2.25. The summed E-state index contributed by atoms with van der Waals surface area (Å²) in [7, 11) is 0. The lowest BCUT2D eigenvalue weighted by Crippen LogP contribution is -2.22. The van der Waals surface area contributed by atoms with Gasteiger partial charge in [-0.2, -0.15) is 13.2 Å². The van der Waals surface area contributed by atoms with E-state index < -0.39 is 11.7 Å². The summed E-state index contributed by atoms with van der Waals surface area (Å²) in [6.45, 7) is 0. The number of ether oxygens (including phenoxy) is 1. The van der Waals surface area contributed by atoms with Crippen molar-refractivity contribution in [3.8, 4) is 5.75 Å². The van der Waals surface area contributed by atoms with Gasteiger partial charge < -0.3 is 10.5 Å². The van der Waals surface area contributed by atoms with Crippen LogP contribution in [-0.4, -0.2) is 11.1 Å². The molecule has 0 heterocycles. The summed E-state index contributed by atoms with van der Waals surface area (Å²) in [5, 5.41) is 0. The first-order valence-corrected chi connectivity index (χ1v) is 6.96. The van der Waals surface area contributed by atoms with Crippen LogP contribution in [0.15, 0.2) is 18.2 Å². The fourth-order valence-corrected chi connectivity index (χ4v) is 2.52. The van der Waals surface area contributed by atoms with Gasteiger partial charge in [-0.1, -0.05) is 18.6 Å². The minimum atomic E-state index is -4.41. The van der Waals surface area contributed by atoms with Crippen molar-refractivity contribution in [1.29, 1.82) is 0 Å². The molecule has 0 spiro atoms. The summed E-state index contributed by atoms with van der Waals surface area (Å²) in [6, 6.07) is 3.27. The zero-order chi connectivity index (χ0) is 14.8. The Morgan fingerprint density at radius 2 is 1.85 bits per heavy atom. The van der Waals surface area contributed by atoms with Crippen molar-refractivity contribution < 1.29 is 17.9 Å². The monoisotopic (exact) mass is 303 g/mol. The van der Waals surface area contributed by atoms with Crippen molar-refractivity contribution in [2.75, 3.05) is 0 Å². The van der Waals surface area contributed by atoms with Crippen molar-refractivity contribution in [1.82, 2.24) is 0 Å². The van der Waals surface area contributed by atoms with Gasteiger partial charge in [0.05, 0.1) is 17.2 Å². The van der Waals surface area contributed by atoms with Crippen LogP contribution in [0.3, 0.4) is 0 Å². The van der Waals surface area contributed by atoms with Crippen LogP contribution in [0, 0.1) is 0 Å². The summed E-state index contributed by atoms with van der Waals surface area (Å²) in [6.07, 6.45) is 0.781. The van der Waals surface area contributed by atoms with E-state index in [1.807, 2.05) is 0 Å². The van der Waals surface area contributed by atoms with E-state index in [0.717, 1.165) is 37.8 Å². The van der Waals surface area contributed by atoms with Gasteiger partial charge >= 0.3 is 6.18 Å². The molecule has 0 bridgehead atoms. The second-order valence-electron chi connectivity index (χ2n) is 4.95. The molecule has 0 unspecified atom stereocenters. The van der Waals surface area contributed by atoms with Crippen LogP contribution in [-0.2, 0) is 6.18 Å². The number of halogens is 3. The van der Waals surface area contributed by atoms with Crippen molar-refractivity contribution >= 4 is 17.2 Å². The third-order valence-electron chi connectivity index (χ3n) is 3.42. The van der Waals surface area contributed by atoms with E-state index in [0.29, 0.717) is 5.75 Å². The molecule has 2 N–H and O–H groups in total. The van der Waals surface area contributed by atoms with Crippen LogP contribution >= 0.6 is 12.2 Å². The zero-order valence-corrected chi connectivity index (χ0v) is 11.7. The summed E-state index contributed by atoms with van der Waals surface area (Å²) >= 11 is 4.83. The van der Waals surface area contributed by atoms with Crippen LogP contribution in [0.2, 0.25) is 0 Å². The molecule has 1 aliphatic carbocycles. The van der Waals surface area contributed by atoms with E-state index in [1.165, 1.54) is 12.5 Å². The Hall–Kier alpha value is -1.30. The Morgan fingerprint density at radius 3 is 2.40 bits per heavy atom. The highest BCUT2D eigenvalue weighted by Crippen LogP contribution is 2.33. The molecule has 110 valence electrons. The second-order valence-corrected chi connectivity index (χ2v) is 5.39. The molecule has 0 amide bonds. The molecule has 1 fully saturated rings. The van der Waals surface area contributed by atoms with Crippen LogP contribution < -0.4 is 10.5 Å². The molecule has 1 aliphatic rings. The molecule has 6 heteroatoms. The Bertz CT molecular complexity index is 496. The Kier molecular flexibility index (Phi) is 4.52. The number of hydrogen-bond acceptors (Lipinski definition) is 2. The predicted octanol–water partition coefficient (Wildman–Crippen LogP) is 4.05. The minimum Gasteiger partial charge on any atom is -0.490 e. The predicted molar refractivity (Wildman–Crippen MR) is 74.8 cm³/mol. The third kappa shape index (κ3) is 3.62. The molecule has 1 aromatic rings. The molecule has 0 radical (unpaired) electrons. The van der Waals surface area contributed by atoms with E-state index in [-0.39, 0.29) is 16.7 Å². The van der Waals surface area contributed by atoms with Crippen molar-refractivity contribution in [2.45, 2.75) is 44.4 Å². The molecule has 0 saturated heterocycles. The SMILES string of the molecule is NC(=S)c1cc(C(F)(F)F)ccc1OC1CCCCC1. The number of benzene rings is 1. The lowest BCUT2D eigenvalue weighted by molar-refractivity contribution is -0.137. The van der Waals surface area contributed by atoms with Crippen molar-refractivity contribution in [3.05, 3.63) is 29.3 Å². The van der Waals surface area contributed by atoms with Gasteiger partial charge in [-0.25, -0.2) is 0 Å². The van der Waals surface area contributed by atoms with Crippen molar-refractivity contribution in [2.24, 2.45) is 5.73 Å². The maximum atomic E-state index is 12.7. The number of nitrogens with two attached hydrogens (primary N) is 1. The summed E-state index contributed by atoms with van der Waals surface area (Å²) in [5.41, 5.74) is 4.90. The first-order valence-electron chi connectivity index (χ1n) is 6.55. The van der Waals surface area contributed by atoms with Gasteiger partial charge in [0.2, 0.25) is 0 Å². The lowest BCUT2D eigenvalue weighted by Gasteiger charge is -2.24. The molecular weight excluding hydrogens is 287 g/mol. The van der Waals surface area contributed by atoms with E-state index in [2.05, 4.69) is 0 Å². The van der Waals surface area contributed by atoms with E-state index in [1.54, 1.807) is 0 Å². The maximum absolute atomic E-state index is 12.7. The number of thiocarbonyl (C=S) groups is 1. The topological polar surface area (TPSA) is 35.2 Å². The molecule has 20 heavy (non-hydrogen) atoms. The molecule has 1 saturated carbocycles. The average Bonchev–Trinajstić information content (AvgIpc) is 2.38. The lowest BCUT2D eigenvalue weighted by atomic mass is 9.97. The normalized spacial score (nSPS) is 16.9. The zero-order valence-electron chi connectivity index (χ0n) is 10.9. The Morgan fingerprint density at radius 1 is 1.20 bits per heavy atom. The molecule has 1 aromatic carbocycles. The number of alkyl halides is 3. The van der Waals surface area contributed by atoms with Crippen LogP contribution in [0.4, 0.5) is 13.2 Å². The average molecular weight is 303 g/mol. The Labute approximate surface area is 121 Å². The first kappa shape index (κ1) is 15.1. The fraction of sp³-hybridized carbons (Fsp3) is 0.500. The van der Waals surface area contributed by atoms with Gasteiger partial charge in [0.25, 0.3) is 0 Å². The van der Waals surface area contributed by atoms with Gasteiger partial charge in [0.1, 0.15) is 10.7 Å². The molecule has 2 nitrogen and oxygen atoms in total. The molecule has 0 aliphatic heterocycles. The van der Waals surface area contributed by atoms with Gasteiger partial charge in [-0.15, -0.1) is 0 Å². The van der Waals surface area contributed by atoms with Gasteiger partial charge in [-0.3, -0.25) is 0 Å². The molecule has 0 atom stereocenters. The second kappa shape index (κ2) is 5.99. The third-order valence-corrected chi connectivity index (χ3v) is 3.64. The van der Waals surface area contributed by atoms with E-state index in [9.17, 15) is 13.2 Å². The standard InChI is InChI=1S/C14H16F3NOS/c15-14(16,17)9-6-7-12(11(8-9)13(18)20)19-10-4-2-1-3-5-10/h6-8,10H,1-5H2,(H2,18,20). The summed E-state index contributed by atoms with van der Waals surface area (Å²) < 4.78 is 43.9. The quantitative estimate of drug-likeness (QED) is 0.856. The van der Waals surface area contributed by atoms with Gasteiger partial charge in [-0.05, 0) is 43.9 Å². The minimum absolute atomic E-state index is 0.0357. The largest absolute Gasteiger partial charge is 0.490 e. The van der Waals surface area contributed by atoms with E-state index >= 15 is 0 Å². The van der Waals surface area contributed by atoms with Crippen LogP contribution in [0.25, 0.3) is 0 Å². The fourth-order valence-electron chi connectivity index (χ4n) is 2.36. The van der Waals surface area contributed by atoms with Crippen LogP contribution in [0.5, 0.6) is 5.75 Å². The molecular formula is C14H16F3NOS. The van der Waals surface area contributed by atoms with Crippen LogP contribution in [0.1, 0.15) is 43.2 Å². The molecule has 2 rings (SSSR count). The summed E-state index contributed by atoms with van der Waals surface area (Å²) in [5.74, 6) is 0.345. The summed E-state index contributed by atoms with van der Waals surface area (Å²) in [4.78, 5) is -0.0816. The van der Waals surface area contributed by atoms with Gasteiger partial charge in [0, 0.05) is 0 Å². The first-order chi connectivity index (χ1) is 9.38. The molecule has 0 aromatic heterocycles. The highest BCUT2D eigenvalue weighted by Gasteiger charge is 2.31. The van der Waals surface area contributed by atoms with E-state index in [4.69, 9.17) is 22.7 Å². The number of rotatable bonds is 3. The number of hydrogen-bond donors (Lipinski definition) is 1. The van der Waals surface area contributed by atoms with Gasteiger partial charge in [0.15, 0.2) is 0 Å².